The zero-order valence-electron chi connectivity index (χ0n) is 9.62. The van der Waals surface area contributed by atoms with E-state index in [4.69, 9.17) is 16.9 Å². The van der Waals surface area contributed by atoms with E-state index in [2.05, 4.69) is 0 Å². The van der Waals surface area contributed by atoms with Crippen molar-refractivity contribution in [3.8, 4) is 6.07 Å². The van der Waals surface area contributed by atoms with Gasteiger partial charge in [0.2, 0.25) is 0 Å². The highest BCUT2D eigenvalue weighted by atomic mass is 35.5. The highest BCUT2D eigenvalue weighted by Gasteiger charge is 2.15. The average molecular weight is 247 g/mol. The van der Waals surface area contributed by atoms with Crippen LogP contribution < -0.4 is 0 Å². The van der Waals surface area contributed by atoms with Gasteiger partial charge in [-0.15, -0.1) is 0 Å². The van der Waals surface area contributed by atoms with Crippen LogP contribution in [-0.2, 0) is 7.05 Å². The maximum Gasteiger partial charge on any atom is 0.179 e. The molecular weight excluding hydrogens is 236 g/mol. The maximum atomic E-state index is 11.8. The first-order chi connectivity index (χ1) is 8.06. The molecule has 0 atom stereocenters. The molecule has 0 aliphatic heterocycles. The number of nitriles is 1. The van der Waals surface area contributed by atoms with Crippen LogP contribution in [0.2, 0.25) is 5.02 Å². The Bertz CT molecular complexity index is 649. The van der Waals surface area contributed by atoms with E-state index in [1.807, 2.05) is 30.7 Å². The summed E-state index contributed by atoms with van der Waals surface area (Å²) in [4.78, 5) is 11.8. The lowest BCUT2D eigenvalue weighted by Crippen LogP contribution is -1.95. The minimum atomic E-state index is -0.153. The predicted molar refractivity (Wildman–Crippen MR) is 67.2 cm³/mol. The predicted octanol–water partition coefficient (Wildman–Crippen LogP) is 3.24. The summed E-state index contributed by atoms with van der Waals surface area (Å²) in [6.07, 6.45) is 1.66. The Morgan fingerprint density at radius 2 is 2.24 bits per heavy atom. The zero-order valence-corrected chi connectivity index (χ0v) is 10.4. The number of benzene rings is 1. The Labute approximate surface area is 104 Å². The van der Waals surface area contributed by atoms with E-state index in [0.717, 1.165) is 16.5 Å². The Morgan fingerprint density at radius 1 is 1.53 bits per heavy atom. The second-order valence-corrected chi connectivity index (χ2v) is 4.39. The van der Waals surface area contributed by atoms with Gasteiger partial charge in [0.15, 0.2) is 5.78 Å². The topological polar surface area (TPSA) is 45.8 Å². The summed E-state index contributed by atoms with van der Waals surface area (Å²) in [5, 5.41) is 10.1. The van der Waals surface area contributed by atoms with Crippen LogP contribution in [0.4, 0.5) is 0 Å². The number of hydrogen-bond acceptors (Lipinski definition) is 2. The zero-order chi connectivity index (χ0) is 12.6. The second-order valence-electron chi connectivity index (χ2n) is 3.98. The standard InChI is InChI=1S/C13H11ClN2O/c1-8-11(14)4-3-9-10(12(17)5-6-15)7-16(2)13(8)9/h3-4,7H,5H2,1-2H3. The van der Waals surface area contributed by atoms with Crippen molar-refractivity contribution in [2.24, 2.45) is 7.05 Å². The molecule has 17 heavy (non-hydrogen) atoms. The van der Waals surface area contributed by atoms with Crippen LogP contribution >= 0.6 is 11.6 Å². The van der Waals surface area contributed by atoms with Crippen LogP contribution in [0, 0.1) is 18.3 Å². The lowest BCUT2D eigenvalue weighted by Gasteiger charge is -2.03. The van der Waals surface area contributed by atoms with Crippen molar-refractivity contribution in [2.45, 2.75) is 13.3 Å². The number of aryl methyl sites for hydroxylation is 2. The number of nitrogens with zero attached hydrogens (tertiary/aromatic N) is 2. The van der Waals surface area contributed by atoms with Gasteiger partial charge in [-0.3, -0.25) is 4.79 Å². The van der Waals surface area contributed by atoms with Gasteiger partial charge in [0.25, 0.3) is 0 Å². The lowest BCUT2D eigenvalue weighted by atomic mass is 10.1. The third-order valence-corrected chi connectivity index (χ3v) is 3.28. The minimum Gasteiger partial charge on any atom is -0.350 e. The molecule has 0 N–H and O–H groups in total. The van der Waals surface area contributed by atoms with E-state index >= 15 is 0 Å². The first kappa shape index (κ1) is 11.7. The molecule has 1 aromatic carbocycles. The summed E-state index contributed by atoms with van der Waals surface area (Å²) in [7, 11) is 1.87. The number of halogens is 1. The number of carbonyl (C=O) groups excluding carboxylic acids is 1. The van der Waals surface area contributed by atoms with Gasteiger partial charge in [-0.2, -0.15) is 5.26 Å². The minimum absolute atomic E-state index is 0.0964. The van der Waals surface area contributed by atoms with Crippen LogP contribution in [0.15, 0.2) is 18.3 Å². The molecule has 0 bridgehead atoms. The molecular formula is C13H11ClN2O. The summed E-state index contributed by atoms with van der Waals surface area (Å²) >= 11 is 6.06. The normalized spacial score (nSPS) is 10.5. The molecule has 0 aliphatic rings. The van der Waals surface area contributed by atoms with E-state index in [0.29, 0.717) is 10.6 Å². The van der Waals surface area contributed by atoms with Gasteiger partial charge < -0.3 is 4.57 Å². The molecule has 4 heteroatoms. The van der Waals surface area contributed by atoms with Crippen molar-refractivity contribution in [3.63, 3.8) is 0 Å². The third kappa shape index (κ3) is 1.81. The van der Waals surface area contributed by atoms with Gasteiger partial charge in [0.05, 0.1) is 18.0 Å². The van der Waals surface area contributed by atoms with Crippen LogP contribution in [-0.4, -0.2) is 10.4 Å². The van der Waals surface area contributed by atoms with E-state index in [9.17, 15) is 4.79 Å². The van der Waals surface area contributed by atoms with Crippen LogP contribution in [0.5, 0.6) is 0 Å². The molecule has 0 unspecified atom stereocenters. The Balaban J connectivity index is 2.74. The smallest absolute Gasteiger partial charge is 0.179 e. The Morgan fingerprint density at radius 3 is 2.88 bits per heavy atom. The molecule has 0 fully saturated rings. The molecule has 86 valence electrons. The maximum absolute atomic E-state index is 11.8. The third-order valence-electron chi connectivity index (χ3n) is 2.87. The quantitative estimate of drug-likeness (QED) is 0.764. The number of hydrogen-bond donors (Lipinski definition) is 0. The van der Waals surface area contributed by atoms with Crippen molar-refractivity contribution in [1.29, 1.82) is 5.26 Å². The molecule has 3 nitrogen and oxygen atoms in total. The molecule has 0 saturated heterocycles. The molecule has 0 radical (unpaired) electrons. The molecule has 2 aromatic rings. The SMILES string of the molecule is Cc1c(Cl)ccc2c(C(=O)CC#N)cn(C)c12. The Hall–Kier alpha value is -1.79. The number of ketones is 1. The van der Waals surface area contributed by atoms with Crippen LogP contribution in [0.3, 0.4) is 0 Å². The fourth-order valence-corrected chi connectivity index (χ4v) is 2.22. The number of carbonyl (C=O) groups is 1. The largest absolute Gasteiger partial charge is 0.350 e. The summed E-state index contributed by atoms with van der Waals surface area (Å²) in [6.45, 7) is 1.92. The fraction of sp³-hybridized carbons (Fsp3) is 0.231. The van der Waals surface area contributed by atoms with E-state index < -0.39 is 0 Å². The monoisotopic (exact) mass is 246 g/mol. The lowest BCUT2D eigenvalue weighted by molar-refractivity contribution is 0.0999. The van der Waals surface area contributed by atoms with Gasteiger partial charge in [0, 0.05) is 29.2 Å². The van der Waals surface area contributed by atoms with Gasteiger partial charge in [-0.05, 0) is 18.6 Å². The van der Waals surface area contributed by atoms with E-state index in [-0.39, 0.29) is 12.2 Å². The number of fused-ring (bicyclic) bond motifs is 1. The summed E-state index contributed by atoms with van der Waals surface area (Å²) in [6, 6.07) is 5.49. The van der Waals surface area contributed by atoms with Crippen molar-refractivity contribution in [3.05, 3.63) is 34.5 Å². The summed E-state index contributed by atoms with van der Waals surface area (Å²) < 4.78 is 1.88. The van der Waals surface area contributed by atoms with Crippen molar-refractivity contribution < 1.29 is 4.79 Å². The second kappa shape index (κ2) is 4.23. The van der Waals surface area contributed by atoms with Gasteiger partial charge in [0.1, 0.15) is 0 Å². The molecule has 0 saturated carbocycles. The average Bonchev–Trinajstić information content (AvgIpc) is 2.62. The van der Waals surface area contributed by atoms with Crippen LogP contribution in [0.1, 0.15) is 22.3 Å². The van der Waals surface area contributed by atoms with Crippen molar-refractivity contribution in [2.75, 3.05) is 0 Å². The van der Waals surface area contributed by atoms with E-state index in [1.165, 1.54) is 0 Å². The fourth-order valence-electron chi connectivity index (χ4n) is 2.06. The highest BCUT2D eigenvalue weighted by Crippen LogP contribution is 2.29. The van der Waals surface area contributed by atoms with Gasteiger partial charge in [-0.1, -0.05) is 17.7 Å². The number of rotatable bonds is 2. The highest BCUT2D eigenvalue weighted by molar-refractivity contribution is 6.32. The molecule has 0 spiro atoms. The van der Waals surface area contributed by atoms with Crippen LogP contribution in [0.25, 0.3) is 10.9 Å². The summed E-state index contributed by atoms with van der Waals surface area (Å²) in [5.74, 6) is -0.153. The van der Waals surface area contributed by atoms with Gasteiger partial charge in [-0.25, -0.2) is 0 Å². The van der Waals surface area contributed by atoms with E-state index in [1.54, 1.807) is 12.3 Å². The Kier molecular flexibility index (Phi) is 2.91. The van der Waals surface area contributed by atoms with Crippen molar-refractivity contribution in [1.82, 2.24) is 4.57 Å². The van der Waals surface area contributed by atoms with Crippen molar-refractivity contribution >= 4 is 28.3 Å². The number of aromatic nitrogens is 1. The molecule has 1 aromatic heterocycles. The number of Topliss-reactive ketones (excluding diaryl/α,β-unsaturated/α-hetero) is 1. The van der Waals surface area contributed by atoms with Gasteiger partial charge >= 0.3 is 0 Å². The molecule has 0 amide bonds. The molecule has 0 aliphatic carbocycles. The molecule has 2 rings (SSSR count). The summed E-state index contributed by atoms with van der Waals surface area (Å²) in [5.41, 5.74) is 2.48. The first-order valence-corrected chi connectivity index (χ1v) is 5.58. The molecule has 1 heterocycles. The first-order valence-electron chi connectivity index (χ1n) is 5.20.